The van der Waals surface area contributed by atoms with Crippen LogP contribution in [0.3, 0.4) is 0 Å². The lowest BCUT2D eigenvalue weighted by molar-refractivity contribution is 0.357. The maximum absolute atomic E-state index is 3.54. The van der Waals surface area contributed by atoms with Crippen LogP contribution in [0, 0.1) is 10.8 Å². The van der Waals surface area contributed by atoms with Gasteiger partial charge in [0.05, 0.1) is 0 Å². The summed E-state index contributed by atoms with van der Waals surface area (Å²) in [6.07, 6.45) is 4.13. The molecule has 1 nitrogen and oxygen atoms in total. The van der Waals surface area contributed by atoms with Crippen molar-refractivity contribution < 1.29 is 0 Å². The zero-order valence-corrected chi connectivity index (χ0v) is 9.04. The molecule has 1 rings (SSSR count). The molecule has 0 atom stereocenters. The Morgan fingerprint density at radius 1 is 1.25 bits per heavy atom. The van der Waals surface area contributed by atoms with Gasteiger partial charge in [0.1, 0.15) is 0 Å². The largest absolute Gasteiger partial charge is 0.316 e. The van der Waals surface area contributed by atoms with Crippen LogP contribution in [-0.4, -0.2) is 13.1 Å². The quantitative estimate of drug-likeness (QED) is 0.638. The third-order valence-corrected chi connectivity index (χ3v) is 2.71. The fourth-order valence-corrected chi connectivity index (χ4v) is 1.24. The molecule has 0 aliphatic heterocycles. The van der Waals surface area contributed by atoms with Crippen LogP contribution in [0.15, 0.2) is 0 Å². The molecule has 0 bridgehead atoms. The summed E-state index contributed by atoms with van der Waals surface area (Å²) >= 11 is 0. The van der Waals surface area contributed by atoms with Crippen molar-refractivity contribution in [1.29, 1.82) is 0 Å². The Labute approximate surface area is 76.9 Å². The fourth-order valence-electron chi connectivity index (χ4n) is 1.24. The molecule has 72 valence electrons. The highest BCUT2D eigenvalue weighted by atomic mass is 14.9. The molecule has 1 fully saturated rings. The Morgan fingerprint density at radius 3 is 2.25 bits per heavy atom. The van der Waals surface area contributed by atoms with E-state index in [4.69, 9.17) is 0 Å². The van der Waals surface area contributed by atoms with E-state index in [1.807, 2.05) is 0 Å². The zero-order valence-electron chi connectivity index (χ0n) is 9.04. The molecule has 1 aliphatic rings. The smallest absolute Gasteiger partial charge is 0.000517 e. The van der Waals surface area contributed by atoms with Crippen molar-refractivity contribution in [2.24, 2.45) is 10.8 Å². The summed E-state index contributed by atoms with van der Waals surface area (Å²) in [4.78, 5) is 0. The number of hydrogen-bond donors (Lipinski definition) is 1. The highest BCUT2D eigenvalue weighted by Gasteiger charge is 2.36. The molecule has 0 amide bonds. The summed E-state index contributed by atoms with van der Waals surface area (Å²) in [5.74, 6) is 0. The first-order valence-electron chi connectivity index (χ1n) is 5.12. The van der Waals surface area contributed by atoms with E-state index in [0.29, 0.717) is 10.8 Å². The van der Waals surface area contributed by atoms with Crippen LogP contribution in [0.1, 0.15) is 47.0 Å². The van der Waals surface area contributed by atoms with Crippen molar-refractivity contribution in [2.75, 3.05) is 13.1 Å². The summed E-state index contributed by atoms with van der Waals surface area (Å²) in [6.45, 7) is 11.7. The van der Waals surface area contributed by atoms with Crippen LogP contribution in [0.25, 0.3) is 0 Å². The van der Waals surface area contributed by atoms with Gasteiger partial charge in [-0.2, -0.15) is 0 Å². The average molecular weight is 169 g/mol. The minimum atomic E-state index is 0.484. The van der Waals surface area contributed by atoms with Crippen LogP contribution < -0.4 is 5.32 Å². The molecule has 0 spiro atoms. The van der Waals surface area contributed by atoms with Crippen LogP contribution >= 0.6 is 0 Å². The Kier molecular flexibility index (Phi) is 2.82. The van der Waals surface area contributed by atoms with Crippen LogP contribution in [0.2, 0.25) is 0 Å². The van der Waals surface area contributed by atoms with Crippen molar-refractivity contribution in [3.05, 3.63) is 0 Å². The van der Waals surface area contributed by atoms with Gasteiger partial charge in [0.25, 0.3) is 0 Å². The van der Waals surface area contributed by atoms with E-state index in [9.17, 15) is 0 Å². The predicted molar refractivity (Wildman–Crippen MR) is 54.3 cm³/mol. The fraction of sp³-hybridized carbons (Fsp3) is 1.00. The molecule has 1 heteroatoms. The average Bonchev–Trinajstić information content (AvgIpc) is 2.60. The van der Waals surface area contributed by atoms with Gasteiger partial charge in [-0.3, -0.25) is 0 Å². The monoisotopic (exact) mass is 169 g/mol. The maximum atomic E-state index is 3.54. The van der Waals surface area contributed by atoms with E-state index < -0.39 is 0 Å². The topological polar surface area (TPSA) is 12.0 Å². The van der Waals surface area contributed by atoms with Crippen molar-refractivity contribution in [3.8, 4) is 0 Å². The second-order valence-electron chi connectivity index (χ2n) is 5.80. The van der Waals surface area contributed by atoms with Gasteiger partial charge in [-0.05, 0) is 36.6 Å². The second-order valence-corrected chi connectivity index (χ2v) is 5.80. The van der Waals surface area contributed by atoms with Crippen molar-refractivity contribution in [2.45, 2.75) is 47.0 Å². The second kappa shape index (κ2) is 3.37. The predicted octanol–water partition coefficient (Wildman–Crippen LogP) is 2.81. The third kappa shape index (κ3) is 4.10. The molecular formula is C11H23N. The summed E-state index contributed by atoms with van der Waals surface area (Å²) in [5, 5.41) is 3.54. The number of hydrogen-bond acceptors (Lipinski definition) is 1. The maximum Gasteiger partial charge on any atom is 0.000517 e. The molecule has 0 aromatic rings. The standard InChI is InChI=1S/C11H23N/c1-10(2,3)7-8-12-9-11(4)5-6-11/h12H,5-9H2,1-4H3. The van der Waals surface area contributed by atoms with Gasteiger partial charge >= 0.3 is 0 Å². The molecule has 0 aromatic heterocycles. The van der Waals surface area contributed by atoms with Crippen molar-refractivity contribution in [3.63, 3.8) is 0 Å². The summed E-state index contributed by atoms with van der Waals surface area (Å²) in [6, 6.07) is 0. The number of rotatable bonds is 4. The van der Waals surface area contributed by atoms with Gasteiger partial charge in [0.2, 0.25) is 0 Å². The zero-order chi connectivity index (χ0) is 9.24. The first-order chi connectivity index (χ1) is 5.41. The highest BCUT2D eigenvalue weighted by molar-refractivity contribution is 4.90. The van der Waals surface area contributed by atoms with E-state index in [1.165, 1.54) is 32.4 Å². The number of nitrogens with one attached hydrogen (secondary N) is 1. The summed E-state index contributed by atoms with van der Waals surface area (Å²) in [5.41, 5.74) is 1.15. The van der Waals surface area contributed by atoms with E-state index in [1.54, 1.807) is 0 Å². The molecule has 0 aromatic carbocycles. The molecular weight excluding hydrogens is 146 g/mol. The van der Waals surface area contributed by atoms with Crippen molar-refractivity contribution >= 4 is 0 Å². The normalized spacial score (nSPS) is 21.0. The first kappa shape index (κ1) is 10.0. The molecule has 0 unspecified atom stereocenters. The Hall–Kier alpha value is -0.0400. The van der Waals surface area contributed by atoms with Gasteiger partial charge in [-0.25, -0.2) is 0 Å². The molecule has 0 heterocycles. The van der Waals surface area contributed by atoms with Gasteiger partial charge in [0, 0.05) is 6.54 Å². The van der Waals surface area contributed by atoms with Crippen molar-refractivity contribution in [1.82, 2.24) is 5.32 Å². The van der Waals surface area contributed by atoms with E-state index in [0.717, 1.165) is 0 Å². The van der Waals surface area contributed by atoms with E-state index in [2.05, 4.69) is 33.0 Å². The van der Waals surface area contributed by atoms with E-state index >= 15 is 0 Å². The lowest BCUT2D eigenvalue weighted by atomic mass is 9.92. The van der Waals surface area contributed by atoms with Crippen LogP contribution in [0.4, 0.5) is 0 Å². The summed E-state index contributed by atoms with van der Waals surface area (Å²) in [7, 11) is 0. The Morgan fingerprint density at radius 2 is 1.83 bits per heavy atom. The lowest BCUT2D eigenvalue weighted by Crippen LogP contribution is -2.25. The van der Waals surface area contributed by atoms with Crippen LogP contribution in [-0.2, 0) is 0 Å². The third-order valence-electron chi connectivity index (χ3n) is 2.71. The lowest BCUT2D eigenvalue weighted by Gasteiger charge is -2.19. The Balaban J connectivity index is 1.96. The molecule has 0 saturated heterocycles. The van der Waals surface area contributed by atoms with Gasteiger partial charge in [-0.1, -0.05) is 27.7 Å². The molecule has 1 saturated carbocycles. The van der Waals surface area contributed by atoms with Gasteiger partial charge in [0.15, 0.2) is 0 Å². The minimum absolute atomic E-state index is 0.484. The van der Waals surface area contributed by atoms with Gasteiger partial charge in [-0.15, -0.1) is 0 Å². The highest BCUT2D eigenvalue weighted by Crippen LogP contribution is 2.44. The Bertz CT molecular complexity index is 132. The molecule has 1 aliphatic carbocycles. The van der Waals surface area contributed by atoms with Gasteiger partial charge < -0.3 is 5.32 Å². The summed E-state index contributed by atoms with van der Waals surface area (Å²) < 4.78 is 0. The first-order valence-corrected chi connectivity index (χ1v) is 5.12. The van der Waals surface area contributed by atoms with E-state index in [-0.39, 0.29) is 0 Å². The minimum Gasteiger partial charge on any atom is -0.316 e. The van der Waals surface area contributed by atoms with Crippen LogP contribution in [0.5, 0.6) is 0 Å². The SMILES string of the molecule is CC(C)(C)CCNCC1(C)CC1. The molecule has 12 heavy (non-hydrogen) atoms. The molecule has 0 radical (unpaired) electrons. The molecule has 1 N–H and O–H groups in total.